The normalized spacial score (nSPS) is 11.7. The van der Waals surface area contributed by atoms with Gasteiger partial charge in [-0.25, -0.2) is 0 Å². The Bertz CT molecular complexity index is 688. The van der Waals surface area contributed by atoms with Crippen LogP contribution in [0.2, 0.25) is 5.02 Å². The van der Waals surface area contributed by atoms with Crippen LogP contribution in [-0.4, -0.2) is 19.1 Å². The first kappa shape index (κ1) is 17.2. The molecular formula is C18H20ClNO3. The molecule has 0 bridgehead atoms. The maximum absolute atomic E-state index is 12.2. The van der Waals surface area contributed by atoms with Gasteiger partial charge in [-0.15, -0.1) is 0 Å². The molecule has 0 unspecified atom stereocenters. The number of aryl methyl sites for hydroxylation is 1. The number of methoxy groups -OCH3 is 1. The molecule has 122 valence electrons. The van der Waals surface area contributed by atoms with Crippen molar-refractivity contribution < 1.29 is 14.3 Å². The lowest BCUT2D eigenvalue weighted by Crippen LogP contribution is -2.36. The van der Waals surface area contributed by atoms with Crippen LogP contribution in [-0.2, 0) is 11.3 Å². The van der Waals surface area contributed by atoms with Gasteiger partial charge in [-0.1, -0.05) is 29.8 Å². The van der Waals surface area contributed by atoms with Crippen LogP contribution in [0.15, 0.2) is 42.5 Å². The van der Waals surface area contributed by atoms with Crippen molar-refractivity contribution in [2.24, 2.45) is 0 Å². The summed E-state index contributed by atoms with van der Waals surface area (Å²) < 4.78 is 10.9. The highest BCUT2D eigenvalue weighted by molar-refractivity contribution is 6.31. The summed E-state index contributed by atoms with van der Waals surface area (Å²) in [5, 5.41) is 3.52. The number of carbonyl (C=O) groups excluding carboxylic acids is 1. The number of ether oxygens (including phenoxy) is 2. The number of rotatable bonds is 6. The molecule has 0 aliphatic heterocycles. The van der Waals surface area contributed by atoms with Gasteiger partial charge in [0.2, 0.25) is 0 Å². The van der Waals surface area contributed by atoms with Crippen molar-refractivity contribution >= 4 is 17.5 Å². The lowest BCUT2D eigenvalue weighted by atomic mass is 10.2. The molecule has 0 radical (unpaired) electrons. The molecule has 2 rings (SSSR count). The number of amides is 1. The molecule has 0 saturated carbocycles. The minimum Gasteiger partial charge on any atom is -0.496 e. The highest BCUT2D eigenvalue weighted by atomic mass is 35.5. The SMILES string of the molecule is COc1ccccc1CNC(=O)[C@@H](C)Oc1ccc(Cl)c(C)c1. The van der Waals surface area contributed by atoms with E-state index in [9.17, 15) is 4.79 Å². The van der Waals surface area contributed by atoms with Gasteiger partial charge >= 0.3 is 0 Å². The Kier molecular flexibility index (Phi) is 5.88. The molecule has 1 N–H and O–H groups in total. The van der Waals surface area contributed by atoms with Gasteiger partial charge in [0.15, 0.2) is 6.10 Å². The van der Waals surface area contributed by atoms with Crippen LogP contribution in [0.1, 0.15) is 18.1 Å². The van der Waals surface area contributed by atoms with Crippen molar-refractivity contribution in [1.29, 1.82) is 0 Å². The van der Waals surface area contributed by atoms with E-state index in [1.54, 1.807) is 26.2 Å². The first-order valence-electron chi connectivity index (χ1n) is 7.33. The predicted molar refractivity (Wildman–Crippen MR) is 91.1 cm³/mol. The summed E-state index contributed by atoms with van der Waals surface area (Å²) in [6, 6.07) is 12.9. The summed E-state index contributed by atoms with van der Waals surface area (Å²) in [5.74, 6) is 1.17. The summed E-state index contributed by atoms with van der Waals surface area (Å²) in [7, 11) is 1.61. The maximum Gasteiger partial charge on any atom is 0.261 e. The molecule has 0 heterocycles. The highest BCUT2D eigenvalue weighted by Gasteiger charge is 2.15. The van der Waals surface area contributed by atoms with Crippen molar-refractivity contribution in [1.82, 2.24) is 5.32 Å². The Labute approximate surface area is 141 Å². The van der Waals surface area contributed by atoms with Crippen LogP contribution < -0.4 is 14.8 Å². The summed E-state index contributed by atoms with van der Waals surface area (Å²) in [6.45, 7) is 3.99. The van der Waals surface area contributed by atoms with Crippen molar-refractivity contribution in [3.63, 3.8) is 0 Å². The molecule has 0 aliphatic carbocycles. The molecule has 0 saturated heterocycles. The smallest absolute Gasteiger partial charge is 0.261 e. The Hall–Kier alpha value is -2.20. The van der Waals surface area contributed by atoms with E-state index in [1.165, 1.54) is 0 Å². The van der Waals surface area contributed by atoms with Gasteiger partial charge < -0.3 is 14.8 Å². The fourth-order valence-electron chi connectivity index (χ4n) is 2.12. The average Bonchev–Trinajstić information content (AvgIpc) is 2.56. The number of hydrogen-bond acceptors (Lipinski definition) is 3. The zero-order valence-corrected chi connectivity index (χ0v) is 14.2. The molecule has 0 spiro atoms. The zero-order valence-electron chi connectivity index (χ0n) is 13.4. The molecule has 23 heavy (non-hydrogen) atoms. The molecule has 4 nitrogen and oxygen atoms in total. The second-order valence-electron chi connectivity index (χ2n) is 5.20. The van der Waals surface area contributed by atoms with Gasteiger partial charge in [-0.05, 0) is 43.7 Å². The molecular weight excluding hydrogens is 314 g/mol. The van der Waals surface area contributed by atoms with Gasteiger partial charge in [0.25, 0.3) is 5.91 Å². The summed E-state index contributed by atoms with van der Waals surface area (Å²) in [5.41, 5.74) is 1.82. The third kappa shape index (κ3) is 4.63. The van der Waals surface area contributed by atoms with E-state index in [-0.39, 0.29) is 5.91 Å². The first-order chi connectivity index (χ1) is 11.0. The number of hydrogen-bond donors (Lipinski definition) is 1. The summed E-state index contributed by atoms with van der Waals surface area (Å²) in [4.78, 5) is 12.2. The zero-order chi connectivity index (χ0) is 16.8. The third-order valence-electron chi connectivity index (χ3n) is 3.46. The van der Waals surface area contributed by atoms with Crippen LogP contribution in [0, 0.1) is 6.92 Å². The Morgan fingerprint density at radius 1 is 1.26 bits per heavy atom. The molecule has 0 fully saturated rings. The van der Waals surface area contributed by atoms with E-state index in [0.29, 0.717) is 17.3 Å². The number of para-hydroxylation sites is 1. The fraction of sp³-hybridized carbons (Fsp3) is 0.278. The lowest BCUT2D eigenvalue weighted by Gasteiger charge is -2.16. The van der Waals surface area contributed by atoms with Crippen LogP contribution in [0.3, 0.4) is 0 Å². The molecule has 2 aromatic rings. The monoisotopic (exact) mass is 333 g/mol. The van der Waals surface area contributed by atoms with E-state index >= 15 is 0 Å². The molecule has 0 aromatic heterocycles. The second-order valence-corrected chi connectivity index (χ2v) is 5.61. The van der Waals surface area contributed by atoms with Crippen LogP contribution >= 0.6 is 11.6 Å². The molecule has 5 heteroatoms. The van der Waals surface area contributed by atoms with Crippen LogP contribution in [0.4, 0.5) is 0 Å². The molecule has 1 atom stereocenters. The van der Waals surface area contributed by atoms with Gasteiger partial charge in [-0.2, -0.15) is 0 Å². The number of benzene rings is 2. The first-order valence-corrected chi connectivity index (χ1v) is 7.71. The van der Waals surface area contributed by atoms with Crippen molar-refractivity contribution in [2.75, 3.05) is 7.11 Å². The quantitative estimate of drug-likeness (QED) is 0.876. The predicted octanol–water partition coefficient (Wildman–Crippen LogP) is 3.74. The van der Waals surface area contributed by atoms with Crippen LogP contribution in [0.25, 0.3) is 0 Å². The molecule has 0 aliphatic rings. The lowest BCUT2D eigenvalue weighted by molar-refractivity contribution is -0.127. The fourth-order valence-corrected chi connectivity index (χ4v) is 2.24. The minimum atomic E-state index is -0.606. The Morgan fingerprint density at radius 3 is 2.70 bits per heavy atom. The number of nitrogens with one attached hydrogen (secondary N) is 1. The number of carbonyl (C=O) groups is 1. The van der Waals surface area contributed by atoms with Gasteiger partial charge in [-0.3, -0.25) is 4.79 Å². The minimum absolute atomic E-state index is 0.191. The van der Waals surface area contributed by atoms with Gasteiger partial charge in [0.1, 0.15) is 11.5 Å². The van der Waals surface area contributed by atoms with E-state index in [2.05, 4.69) is 5.32 Å². The standard InChI is InChI=1S/C18H20ClNO3/c1-12-10-15(8-9-16(12)19)23-13(2)18(21)20-11-14-6-4-5-7-17(14)22-3/h4-10,13H,11H2,1-3H3,(H,20,21)/t13-/m1/s1. The van der Waals surface area contributed by atoms with Crippen molar-refractivity contribution in [3.05, 3.63) is 58.6 Å². The largest absolute Gasteiger partial charge is 0.496 e. The van der Waals surface area contributed by atoms with Gasteiger partial charge in [0, 0.05) is 17.1 Å². The summed E-state index contributed by atoms with van der Waals surface area (Å²) in [6.07, 6.45) is -0.606. The Balaban J connectivity index is 1.93. The van der Waals surface area contributed by atoms with Crippen molar-refractivity contribution in [2.45, 2.75) is 26.5 Å². The highest BCUT2D eigenvalue weighted by Crippen LogP contribution is 2.22. The maximum atomic E-state index is 12.2. The Morgan fingerprint density at radius 2 is 2.00 bits per heavy atom. The van der Waals surface area contributed by atoms with Crippen molar-refractivity contribution in [3.8, 4) is 11.5 Å². The third-order valence-corrected chi connectivity index (χ3v) is 3.88. The van der Waals surface area contributed by atoms with E-state index in [0.717, 1.165) is 16.9 Å². The van der Waals surface area contributed by atoms with E-state index in [1.807, 2.05) is 37.3 Å². The van der Waals surface area contributed by atoms with Gasteiger partial charge in [0.05, 0.1) is 7.11 Å². The van der Waals surface area contributed by atoms with E-state index < -0.39 is 6.10 Å². The average molecular weight is 334 g/mol. The molecule has 2 aromatic carbocycles. The topological polar surface area (TPSA) is 47.6 Å². The summed E-state index contributed by atoms with van der Waals surface area (Å²) >= 11 is 5.98. The van der Waals surface area contributed by atoms with E-state index in [4.69, 9.17) is 21.1 Å². The van der Waals surface area contributed by atoms with Crippen LogP contribution in [0.5, 0.6) is 11.5 Å². The second kappa shape index (κ2) is 7.88. The number of halogens is 1. The molecule has 1 amide bonds.